The average molecular weight is 127 g/mol. The predicted octanol–water partition coefficient (Wildman–Crippen LogP) is 1.06. The lowest BCUT2D eigenvalue weighted by Gasteiger charge is -2.20. The highest BCUT2D eigenvalue weighted by Crippen LogP contribution is 2.16. The Bertz CT molecular complexity index is 105. The number of allylic oxidation sites excluding steroid dienone is 1. The van der Waals surface area contributed by atoms with Gasteiger partial charge in [0.15, 0.2) is 0 Å². The molecule has 0 radical (unpaired) electrons. The average Bonchev–Trinajstić information content (AvgIpc) is 1.90. The molecule has 1 saturated heterocycles. The SMILES string of the molecule is C=C(O)C1CCNCC1. The van der Waals surface area contributed by atoms with Crippen molar-refractivity contribution in [3.05, 3.63) is 12.3 Å². The molecule has 0 amide bonds. The van der Waals surface area contributed by atoms with Gasteiger partial charge in [0.2, 0.25) is 0 Å². The van der Waals surface area contributed by atoms with Gasteiger partial charge in [-0.05, 0) is 25.9 Å². The molecule has 2 heteroatoms. The maximum atomic E-state index is 8.95. The second kappa shape index (κ2) is 2.87. The quantitative estimate of drug-likeness (QED) is 0.516. The third kappa shape index (κ3) is 1.72. The summed E-state index contributed by atoms with van der Waals surface area (Å²) in [5.41, 5.74) is 0. The molecule has 52 valence electrons. The van der Waals surface area contributed by atoms with Gasteiger partial charge in [-0.25, -0.2) is 0 Å². The zero-order valence-electron chi connectivity index (χ0n) is 5.56. The molecule has 0 spiro atoms. The van der Waals surface area contributed by atoms with E-state index >= 15 is 0 Å². The highest BCUT2D eigenvalue weighted by atomic mass is 16.3. The molecule has 1 aliphatic rings. The van der Waals surface area contributed by atoms with Crippen molar-refractivity contribution in [1.29, 1.82) is 0 Å². The van der Waals surface area contributed by atoms with E-state index in [4.69, 9.17) is 5.11 Å². The summed E-state index contributed by atoms with van der Waals surface area (Å²) in [4.78, 5) is 0. The predicted molar refractivity (Wildman–Crippen MR) is 37.4 cm³/mol. The van der Waals surface area contributed by atoms with Crippen molar-refractivity contribution in [2.45, 2.75) is 12.8 Å². The number of aliphatic hydroxyl groups is 1. The standard InChI is InChI=1S/C7H13NO/c1-6(9)7-2-4-8-5-3-7/h7-9H,1-5H2. The van der Waals surface area contributed by atoms with Gasteiger partial charge in [-0.1, -0.05) is 6.58 Å². The van der Waals surface area contributed by atoms with Gasteiger partial charge in [-0.3, -0.25) is 0 Å². The van der Waals surface area contributed by atoms with Crippen LogP contribution in [0.5, 0.6) is 0 Å². The molecule has 9 heavy (non-hydrogen) atoms. The van der Waals surface area contributed by atoms with Crippen LogP contribution < -0.4 is 5.32 Å². The first kappa shape index (κ1) is 6.62. The van der Waals surface area contributed by atoms with E-state index in [1.54, 1.807) is 0 Å². The summed E-state index contributed by atoms with van der Waals surface area (Å²) in [6.45, 7) is 5.54. The van der Waals surface area contributed by atoms with Crippen molar-refractivity contribution in [1.82, 2.24) is 5.32 Å². The smallest absolute Gasteiger partial charge is 0.0882 e. The molecule has 1 rings (SSSR count). The largest absolute Gasteiger partial charge is 0.513 e. The van der Waals surface area contributed by atoms with Crippen LogP contribution in [0, 0.1) is 5.92 Å². The fourth-order valence-electron chi connectivity index (χ4n) is 1.16. The van der Waals surface area contributed by atoms with Crippen LogP contribution in [0.4, 0.5) is 0 Å². The van der Waals surface area contributed by atoms with Gasteiger partial charge in [0, 0.05) is 5.92 Å². The highest BCUT2D eigenvalue weighted by molar-refractivity contribution is 4.90. The molecule has 2 nitrogen and oxygen atoms in total. The van der Waals surface area contributed by atoms with Gasteiger partial charge in [0.1, 0.15) is 0 Å². The fraction of sp³-hybridized carbons (Fsp3) is 0.714. The Morgan fingerprint density at radius 3 is 2.33 bits per heavy atom. The minimum absolute atomic E-state index is 0.353. The van der Waals surface area contributed by atoms with Crippen molar-refractivity contribution in [3.8, 4) is 0 Å². The molecule has 1 heterocycles. The van der Waals surface area contributed by atoms with E-state index in [9.17, 15) is 0 Å². The number of nitrogens with one attached hydrogen (secondary N) is 1. The zero-order chi connectivity index (χ0) is 6.69. The van der Waals surface area contributed by atoms with E-state index in [1.165, 1.54) is 0 Å². The Hall–Kier alpha value is -0.500. The van der Waals surface area contributed by atoms with Gasteiger partial charge in [-0.2, -0.15) is 0 Å². The van der Waals surface area contributed by atoms with Crippen molar-refractivity contribution in [2.75, 3.05) is 13.1 Å². The lowest BCUT2D eigenvalue weighted by molar-refractivity contribution is 0.286. The maximum Gasteiger partial charge on any atom is 0.0882 e. The van der Waals surface area contributed by atoms with Crippen LogP contribution >= 0.6 is 0 Å². The monoisotopic (exact) mass is 127 g/mol. The van der Waals surface area contributed by atoms with Crippen LogP contribution in [0.15, 0.2) is 12.3 Å². The third-order valence-corrected chi connectivity index (χ3v) is 1.81. The Balaban J connectivity index is 2.31. The second-order valence-electron chi connectivity index (χ2n) is 2.52. The first-order valence-electron chi connectivity index (χ1n) is 3.39. The van der Waals surface area contributed by atoms with Gasteiger partial charge >= 0.3 is 0 Å². The Labute approximate surface area is 55.6 Å². The van der Waals surface area contributed by atoms with Crippen LogP contribution in [-0.2, 0) is 0 Å². The maximum absolute atomic E-state index is 8.95. The summed E-state index contributed by atoms with van der Waals surface area (Å²) in [5.74, 6) is 0.711. The summed E-state index contributed by atoms with van der Waals surface area (Å²) in [6, 6.07) is 0. The van der Waals surface area contributed by atoms with Gasteiger partial charge < -0.3 is 10.4 Å². The molecule has 0 unspecified atom stereocenters. The molecule has 2 N–H and O–H groups in total. The molecular weight excluding hydrogens is 114 g/mol. The number of aliphatic hydroxyl groups excluding tert-OH is 1. The number of hydrogen-bond donors (Lipinski definition) is 2. The fourth-order valence-corrected chi connectivity index (χ4v) is 1.16. The molecule has 0 aromatic heterocycles. The summed E-state index contributed by atoms with van der Waals surface area (Å²) < 4.78 is 0. The minimum atomic E-state index is 0.353. The van der Waals surface area contributed by atoms with Crippen molar-refractivity contribution in [2.24, 2.45) is 5.92 Å². The molecule has 1 aliphatic heterocycles. The van der Waals surface area contributed by atoms with E-state index in [1.807, 2.05) is 0 Å². The summed E-state index contributed by atoms with van der Waals surface area (Å²) in [5, 5.41) is 12.2. The topological polar surface area (TPSA) is 32.3 Å². The van der Waals surface area contributed by atoms with Crippen molar-refractivity contribution >= 4 is 0 Å². The first-order valence-corrected chi connectivity index (χ1v) is 3.39. The molecule has 0 aromatic carbocycles. The van der Waals surface area contributed by atoms with Crippen LogP contribution in [0.25, 0.3) is 0 Å². The van der Waals surface area contributed by atoms with Gasteiger partial charge in [0.25, 0.3) is 0 Å². The van der Waals surface area contributed by atoms with Crippen molar-refractivity contribution in [3.63, 3.8) is 0 Å². The summed E-state index contributed by atoms with van der Waals surface area (Å²) in [7, 11) is 0. The van der Waals surface area contributed by atoms with E-state index in [0.29, 0.717) is 11.7 Å². The summed E-state index contributed by atoms with van der Waals surface area (Å²) in [6.07, 6.45) is 2.07. The molecular formula is C7H13NO. The lowest BCUT2D eigenvalue weighted by Crippen LogP contribution is -2.28. The number of piperidine rings is 1. The van der Waals surface area contributed by atoms with Crippen LogP contribution in [0.2, 0.25) is 0 Å². The minimum Gasteiger partial charge on any atom is -0.513 e. The van der Waals surface area contributed by atoms with Crippen molar-refractivity contribution < 1.29 is 5.11 Å². The molecule has 0 bridgehead atoms. The summed E-state index contributed by atoms with van der Waals surface area (Å²) >= 11 is 0. The number of hydrogen-bond acceptors (Lipinski definition) is 2. The normalized spacial score (nSPS) is 21.8. The van der Waals surface area contributed by atoms with E-state index < -0.39 is 0 Å². The highest BCUT2D eigenvalue weighted by Gasteiger charge is 2.14. The molecule has 0 atom stereocenters. The third-order valence-electron chi connectivity index (χ3n) is 1.81. The zero-order valence-corrected chi connectivity index (χ0v) is 5.56. The molecule has 0 aromatic rings. The Morgan fingerprint density at radius 1 is 1.44 bits per heavy atom. The number of rotatable bonds is 1. The van der Waals surface area contributed by atoms with E-state index in [0.717, 1.165) is 25.9 Å². The second-order valence-corrected chi connectivity index (χ2v) is 2.52. The van der Waals surface area contributed by atoms with Crippen LogP contribution in [0.1, 0.15) is 12.8 Å². The van der Waals surface area contributed by atoms with Gasteiger partial charge in [0.05, 0.1) is 5.76 Å². The Morgan fingerprint density at radius 2 is 2.00 bits per heavy atom. The molecule has 1 fully saturated rings. The Kier molecular flexibility index (Phi) is 2.11. The first-order chi connectivity index (χ1) is 4.30. The lowest BCUT2D eigenvalue weighted by atomic mass is 9.97. The van der Waals surface area contributed by atoms with Crippen LogP contribution in [-0.4, -0.2) is 18.2 Å². The molecule has 0 saturated carbocycles. The van der Waals surface area contributed by atoms with E-state index in [2.05, 4.69) is 11.9 Å². The van der Waals surface area contributed by atoms with E-state index in [-0.39, 0.29) is 0 Å². The van der Waals surface area contributed by atoms with Gasteiger partial charge in [-0.15, -0.1) is 0 Å². The molecule has 0 aliphatic carbocycles. The van der Waals surface area contributed by atoms with Crippen LogP contribution in [0.3, 0.4) is 0 Å².